The number of halogens is 1. The lowest BCUT2D eigenvalue weighted by Gasteiger charge is -2.25. The van der Waals surface area contributed by atoms with Crippen molar-refractivity contribution < 1.29 is 17.6 Å². The maximum absolute atomic E-state index is 13.8. The second-order valence-corrected chi connectivity index (χ2v) is 11.3. The molecule has 0 aliphatic heterocycles. The fraction of sp³-hybridized carbons (Fsp3) is 0.241. The molecule has 0 fully saturated rings. The maximum Gasteiger partial charge on any atom is 0.254 e. The van der Waals surface area contributed by atoms with Crippen molar-refractivity contribution in [1.29, 1.82) is 0 Å². The van der Waals surface area contributed by atoms with Crippen LogP contribution < -0.4 is 0 Å². The molecule has 1 amide bonds. The van der Waals surface area contributed by atoms with Gasteiger partial charge in [0.15, 0.2) is 0 Å². The van der Waals surface area contributed by atoms with Crippen molar-refractivity contribution >= 4 is 15.7 Å². The summed E-state index contributed by atoms with van der Waals surface area (Å²) in [7, 11) is -3.78. The highest BCUT2D eigenvalue weighted by molar-refractivity contribution is 7.90. The summed E-state index contributed by atoms with van der Waals surface area (Å²) in [5.74, 6) is -0.853. The fourth-order valence-electron chi connectivity index (χ4n) is 4.22. The number of imidazole rings is 1. The van der Waals surface area contributed by atoms with Gasteiger partial charge in [-0.05, 0) is 35.2 Å². The molecule has 1 heterocycles. The minimum Gasteiger partial charge on any atom is -0.333 e. The van der Waals surface area contributed by atoms with E-state index in [9.17, 15) is 17.6 Å². The number of nitrogens with zero attached hydrogens (tertiary/aromatic N) is 3. The highest BCUT2D eigenvalue weighted by atomic mass is 32.2. The average Bonchev–Trinajstić information content (AvgIpc) is 3.27. The molecule has 0 saturated carbocycles. The van der Waals surface area contributed by atoms with Gasteiger partial charge in [-0.25, -0.2) is 17.8 Å². The van der Waals surface area contributed by atoms with Crippen LogP contribution in [0.25, 0.3) is 0 Å². The van der Waals surface area contributed by atoms with Gasteiger partial charge < -0.3 is 9.47 Å². The van der Waals surface area contributed by atoms with Crippen LogP contribution in [0.15, 0.2) is 96.3 Å². The van der Waals surface area contributed by atoms with Gasteiger partial charge in [0.25, 0.3) is 5.91 Å². The van der Waals surface area contributed by atoms with Crippen LogP contribution in [0, 0.1) is 11.7 Å². The maximum atomic E-state index is 13.8. The summed E-state index contributed by atoms with van der Waals surface area (Å²) in [5, 5.41) is -0.0436. The predicted molar refractivity (Wildman–Crippen MR) is 141 cm³/mol. The lowest BCUT2D eigenvalue weighted by Crippen LogP contribution is -2.34. The number of benzene rings is 3. The summed E-state index contributed by atoms with van der Waals surface area (Å²) in [4.78, 5) is 19.3. The number of carbonyl (C=O) groups excluding carboxylic acids is 1. The van der Waals surface area contributed by atoms with E-state index in [2.05, 4.69) is 4.98 Å². The molecule has 0 aliphatic carbocycles. The fourth-order valence-corrected chi connectivity index (χ4v) is 5.71. The van der Waals surface area contributed by atoms with E-state index in [4.69, 9.17) is 0 Å². The first-order valence-electron chi connectivity index (χ1n) is 12.1. The van der Waals surface area contributed by atoms with Crippen LogP contribution in [0.2, 0.25) is 0 Å². The van der Waals surface area contributed by atoms with Crippen molar-refractivity contribution in [2.24, 2.45) is 5.92 Å². The van der Waals surface area contributed by atoms with Crippen molar-refractivity contribution in [3.05, 3.63) is 119 Å². The van der Waals surface area contributed by atoms with Crippen molar-refractivity contribution in [2.75, 3.05) is 6.54 Å². The highest BCUT2D eigenvalue weighted by Gasteiger charge is 2.26. The molecule has 0 bridgehead atoms. The van der Waals surface area contributed by atoms with Gasteiger partial charge in [0, 0.05) is 12.1 Å². The largest absolute Gasteiger partial charge is 0.333 e. The van der Waals surface area contributed by atoms with Crippen LogP contribution in [0.5, 0.6) is 0 Å². The number of rotatable bonds is 10. The number of hydrogen-bond donors (Lipinski definition) is 0. The molecule has 0 radical (unpaired) electrons. The Morgan fingerprint density at radius 1 is 0.946 bits per heavy atom. The summed E-state index contributed by atoms with van der Waals surface area (Å²) in [6.07, 6.45) is 1.52. The van der Waals surface area contributed by atoms with Crippen LogP contribution >= 0.6 is 0 Å². The van der Waals surface area contributed by atoms with Crippen LogP contribution in [-0.2, 0) is 28.7 Å². The molecular formula is C29H30FN3O3S. The Bertz CT molecular complexity index is 1450. The zero-order valence-electron chi connectivity index (χ0n) is 20.9. The lowest BCUT2D eigenvalue weighted by atomic mass is 10.1. The number of carbonyl (C=O) groups is 1. The third-order valence-corrected chi connectivity index (χ3v) is 7.46. The third kappa shape index (κ3) is 6.71. The van der Waals surface area contributed by atoms with Gasteiger partial charge in [0.1, 0.15) is 5.82 Å². The normalized spacial score (nSPS) is 11.6. The molecule has 4 aromatic rings. The Labute approximate surface area is 217 Å². The van der Waals surface area contributed by atoms with E-state index in [1.54, 1.807) is 39.8 Å². The third-order valence-electron chi connectivity index (χ3n) is 5.86. The Balaban J connectivity index is 1.72. The molecule has 0 atom stereocenters. The number of sulfone groups is 1. The molecule has 0 N–H and O–H groups in total. The van der Waals surface area contributed by atoms with Gasteiger partial charge in [-0.1, -0.05) is 80.6 Å². The van der Waals surface area contributed by atoms with E-state index in [0.717, 1.165) is 5.56 Å². The molecule has 0 unspecified atom stereocenters. The van der Waals surface area contributed by atoms with E-state index in [-0.39, 0.29) is 41.4 Å². The van der Waals surface area contributed by atoms with E-state index in [1.807, 2.05) is 50.2 Å². The first kappa shape index (κ1) is 26.3. The van der Waals surface area contributed by atoms with E-state index < -0.39 is 15.7 Å². The molecule has 0 spiro atoms. The van der Waals surface area contributed by atoms with E-state index in [1.165, 1.54) is 24.4 Å². The van der Waals surface area contributed by atoms with E-state index >= 15 is 0 Å². The van der Waals surface area contributed by atoms with Crippen molar-refractivity contribution in [3.8, 4) is 0 Å². The smallest absolute Gasteiger partial charge is 0.254 e. The van der Waals surface area contributed by atoms with Crippen LogP contribution in [-0.4, -0.2) is 35.3 Å². The average molecular weight is 520 g/mol. The van der Waals surface area contributed by atoms with Gasteiger partial charge in [-0.2, -0.15) is 0 Å². The molecule has 0 saturated heterocycles. The Kier molecular flexibility index (Phi) is 8.18. The van der Waals surface area contributed by atoms with Crippen molar-refractivity contribution in [3.63, 3.8) is 0 Å². The molecule has 8 heteroatoms. The molecule has 4 rings (SSSR count). The quantitative estimate of drug-likeness (QED) is 0.283. The molecule has 0 aliphatic rings. The molecule has 37 heavy (non-hydrogen) atoms. The second-order valence-electron chi connectivity index (χ2n) is 9.44. The second kappa shape index (κ2) is 11.5. The number of hydrogen-bond acceptors (Lipinski definition) is 4. The minimum absolute atomic E-state index is 0.0436. The summed E-state index contributed by atoms with van der Waals surface area (Å²) >= 11 is 0. The van der Waals surface area contributed by atoms with Crippen LogP contribution in [0.3, 0.4) is 0 Å². The summed E-state index contributed by atoms with van der Waals surface area (Å²) in [6, 6.07) is 24.1. The summed E-state index contributed by atoms with van der Waals surface area (Å²) in [6.45, 7) is 4.81. The van der Waals surface area contributed by atoms with Gasteiger partial charge in [-0.3, -0.25) is 4.79 Å². The number of amides is 1. The predicted octanol–water partition coefficient (Wildman–Crippen LogP) is 5.34. The molecular weight excluding hydrogens is 489 g/mol. The number of aromatic nitrogens is 2. The Morgan fingerprint density at radius 2 is 1.59 bits per heavy atom. The monoisotopic (exact) mass is 519 g/mol. The zero-order valence-corrected chi connectivity index (χ0v) is 21.7. The Morgan fingerprint density at radius 3 is 2.22 bits per heavy atom. The van der Waals surface area contributed by atoms with Crippen LogP contribution in [0.1, 0.15) is 41.0 Å². The van der Waals surface area contributed by atoms with Gasteiger partial charge in [0.2, 0.25) is 15.0 Å². The molecule has 1 aromatic heterocycles. The van der Waals surface area contributed by atoms with Crippen molar-refractivity contribution in [2.45, 2.75) is 37.8 Å². The zero-order chi connectivity index (χ0) is 26.4. The van der Waals surface area contributed by atoms with E-state index in [0.29, 0.717) is 17.8 Å². The lowest BCUT2D eigenvalue weighted by molar-refractivity contribution is 0.0718. The summed E-state index contributed by atoms with van der Waals surface area (Å²) in [5.41, 5.74) is 2.40. The van der Waals surface area contributed by atoms with Crippen molar-refractivity contribution in [1.82, 2.24) is 14.5 Å². The molecule has 192 valence electrons. The first-order valence-corrected chi connectivity index (χ1v) is 13.8. The SMILES string of the molecule is CC(C)CN(Cc1cnc(S(=O)(=O)Cc2ccccc2)n1Cc1ccccc1)C(=O)c1cccc(F)c1. The highest BCUT2D eigenvalue weighted by Crippen LogP contribution is 2.22. The van der Waals surface area contributed by atoms with Gasteiger partial charge in [-0.15, -0.1) is 0 Å². The molecule has 6 nitrogen and oxygen atoms in total. The van der Waals surface area contributed by atoms with Gasteiger partial charge in [0.05, 0.1) is 30.7 Å². The first-order chi connectivity index (χ1) is 17.7. The molecule has 3 aromatic carbocycles. The Hall–Kier alpha value is -3.78. The topological polar surface area (TPSA) is 72.3 Å². The van der Waals surface area contributed by atoms with Gasteiger partial charge >= 0.3 is 0 Å². The minimum atomic E-state index is -3.78. The summed E-state index contributed by atoms with van der Waals surface area (Å²) < 4.78 is 42.5. The van der Waals surface area contributed by atoms with Crippen LogP contribution in [0.4, 0.5) is 4.39 Å². The standard InChI is InChI=1S/C29H30FN3O3S/c1-22(2)18-32(28(34)25-14-9-15-26(30)16-25)20-27-17-31-29(33(27)19-23-10-5-3-6-11-23)37(35,36)21-24-12-7-4-8-13-24/h3-17,22H,18-21H2,1-2H3.